The first kappa shape index (κ1) is 12.2. The minimum absolute atomic E-state index is 0.226. The number of esters is 1. The Bertz CT molecular complexity index is 777. The third kappa shape index (κ3) is 1.97. The van der Waals surface area contributed by atoms with Gasteiger partial charge < -0.3 is 10.5 Å². The number of carbonyl (C=O) groups is 1. The average Bonchev–Trinajstić information content (AvgIpc) is 2.86. The van der Waals surface area contributed by atoms with Gasteiger partial charge in [0.2, 0.25) is 5.95 Å². The molecule has 0 unspecified atom stereocenters. The lowest BCUT2D eigenvalue weighted by Gasteiger charge is -2.04. The van der Waals surface area contributed by atoms with E-state index in [1.165, 1.54) is 7.11 Å². The van der Waals surface area contributed by atoms with E-state index in [0.717, 1.165) is 11.1 Å². The van der Waals surface area contributed by atoms with Crippen LogP contribution in [0.15, 0.2) is 42.6 Å². The van der Waals surface area contributed by atoms with Crippen LogP contribution in [0.2, 0.25) is 0 Å². The van der Waals surface area contributed by atoms with Crippen LogP contribution in [-0.4, -0.2) is 27.7 Å². The lowest BCUT2D eigenvalue weighted by atomic mass is 10.1. The molecule has 0 saturated carbocycles. The molecule has 0 aliphatic rings. The molecule has 20 heavy (non-hydrogen) atoms. The molecule has 1 aromatic carbocycles. The van der Waals surface area contributed by atoms with Crippen molar-refractivity contribution in [3.05, 3.63) is 48.2 Å². The van der Waals surface area contributed by atoms with E-state index < -0.39 is 0 Å². The van der Waals surface area contributed by atoms with E-state index >= 15 is 0 Å². The zero-order chi connectivity index (χ0) is 14.1. The Kier molecular flexibility index (Phi) is 2.83. The second-order valence-electron chi connectivity index (χ2n) is 4.23. The Morgan fingerprint density at radius 3 is 2.70 bits per heavy atom. The summed E-state index contributed by atoms with van der Waals surface area (Å²) in [5.41, 5.74) is 8.62. The fourth-order valence-electron chi connectivity index (χ4n) is 2.05. The summed E-state index contributed by atoms with van der Waals surface area (Å²) in [5, 5.41) is 4.07. The van der Waals surface area contributed by atoms with Gasteiger partial charge in [0, 0.05) is 11.8 Å². The third-order valence-corrected chi connectivity index (χ3v) is 3.00. The number of hydrogen-bond donors (Lipinski definition) is 1. The predicted molar refractivity (Wildman–Crippen MR) is 74.2 cm³/mol. The highest BCUT2D eigenvalue weighted by atomic mass is 16.5. The molecule has 0 radical (unpaired) electrons. The van der Waals surface area contributed by atoms with E-state index in [2.05, 4.69) is 14.8 Å². The van der Waals surface area contributed by atoms with Crippen LogP contribution in [0.5, 0.6) is 0 Å². The fraction of sp³-hybridized carbons (Fsp3) is 0.0714. The lowest BCUT2D eigenvalue weighted by molar-refractivity contribution is 0.0601. The number of hydrogen-bond acceptors (Lipinski definition) is 5. The summed E-state index contributed by atoms with van der Waals surface area (Å²) >= 11 is 0. The molecule has 2 aromatic heterocycles. The van der Waals surface area contributed by atoms with Gasteiger partial charge in [0.25, 0.3) is 0 Å². The SMILES string of the molecule is COC(=O)c1ccc(-c2cccn3nc(N)nc23)cc1. The van der Waals surface area contributed by atoms with Crippen LogP contribution < -0.4 is 5.73 Å². The van der Waals surface area contributed by atoms with Crippen molar-refractivity contribution in [1.29, 1.82) is 0 Å². The summed E-state index contributed by atoms with van der Waals surface area (Å²) in [6.07, 6.45) is 1.78. The number of benzene rings is 1. The van der Waals surface area contributed by atoms with Crippen LogP contribution in [0.25, 0.3) is 16.8 Å². The van der Waals surface area contributed by atoms with Gasteiger partial charge in [-0.15, -0.1) is 5.10 Å². The number of nitrogen functional groups attached to an aromatic ring is 1. The van der Waals surface area contributed by atoms with Gasteiger partial charge in [-0.05, 0) is 29.8 Å². The molecule has 0 aliphatic heterocycles. The van der Waals surface area contributed by atoms with Crippen LogP contribution in [0, 0.1) is 0 Å². The van der Waals surface area contributed by atoms with Crippen molar-refractivity contribution in [2.24, 2.45) is 0 Å². The van der Waals surface area contributed by atoms with Gasteiger partial charge in [-0.1, -0.05) is 12.1 Å². The minimum Gasteiger partial charge on any atom is -0.465 e. The summed E-state index contributed by atoms with van der Waals surface area (Å²) in [5.74, 6) is -0.134. The van der Waals surface area contributed by atoms with Gasteiger partial charge in [0.05, 0.1) is 12.7 Å². The van der Waals surface area contributed by atoms with E-state index in [1.807, 2.05) is 24.3 Å². The van der Waals surface area contributed by atoms with Gasteiger partial charge in [-0.25, -0.2) is 9.31 Å². The normalized spacial score (nSPS) is 10.7. The number of nitrogens with zero attached hydrogens (tertiary/aromatic N) is 3. The lowest BCUT2D eigenvalue weighted by Crippen LogP contribution is -2.00. The molecule has 2 N–H and O–H groups in total. The third-order valence-electron chi connectivity index (χ3n) is 3.00. The maximum atomic E-state index is 11.4. The molecule has 0 amide bonds. The number of anilines is 1. The summed E-state index contributed by atoms with van der Waals surface area (Å²) in [7, 11) is 1.36. The molecule has 3 aromatic rings. The van der Waals surface area contributed by atoms with Crippen molar-refractivity contribution in [1.82, 2.24) is 14.6 Å². The maximum Gasteiger partial charge on any atom is 0.337 e. The molecule has 6 heteroatoms. The average molecular weight is 268 g/mol. The number of carbonyl (C=O) groups excluding carboxylic acids is 1. The fourth-order valence-corrected chi connectivity index (χ4v) is 2.05. The Labute approximate surface area is 114 Å². The van der Waals surface area contributed by atoms with Gasteiger partial charge in [-0.3, -0.25) is 0 Å². The Hall–Kier alpha value is -2.89. The van der Waals surface area contributed by atoms with E-state index in [4.69, 9.17) is 5.73 Å². The van der Waals surface area contributed by atoms with Crippen LogP contribution in [0.3, 0.4) is 0 Å². The summed E-state index contributed by atoms with van der Waals surface area (Å²) in [6.45, 7) is 0. The topological polar surface area (TPSA) is 82.5 Å². The second-order valence-corrected chi connectivity index (χ2v) is 4.23. The number of methoxy groups -OCH3 is 1. The summed E-state index contributed by atoms with van der Waals surface area (Å²) < 4.78 is 6.30. The first-order valence-electron chi connectivity index (χ1n) is 5.98. The van der Waals surface area contributed by atoms with Gasteiger partial charge >= 0.3 is 5.97 Å². The molecule has 0 bridgehead atoms. The number of rotatable bonds is 2. The molecule has 3 rings (SSSR count). The monoisotopic (exact) mass is 268 g/mol. The van der Waals surface area contributed by atoms with Crippen molar-refractivity contribution in [3.8, 4) is 11.1 Å². The van der Waals surface area contributed by atoms with E-state index in [0.29, 0.717) is 11.2 Å². The standard InChI is InChI=1S/C14H12N4O2/c1-20-13(19)10-6-4-9(5-7-10)11-3-2-8-18-12(11)16-14(15)17-18/h2-8H,1H3,(H2,15,17). The first-order valence-corrected chi connectivity index (χ1v) is 5.98. The zero-order valence-electron chi connectivity index (χ0n) is 10.8. The summed E-state index contributed by atoms with van der Waals surface area (Å²) in [6, 6.07) is 10.9. The highest BCUT2D eigenvalue weighted by molar-refractivity contribution is 5.90. The molecule has 0 saturated heterocycles. The number of aromatic nitrogens is 3. The van der Waals surface area contributed by atoms with Gasteiger partial charge in [0.1, 0.15) is 0 Å². The summed E-state index contributed by atoms with van der Waals surface area (Å²) in [4.78, 5) is 15.6. The maximum absolute atomic E-state index is 11.4. The van der Waals surface area contributed by atoms with Crippen LogP contribution >= 0.6 is 0 Å². The highest BCUT2D eigenvalue weighted by Crippen LogP contribution is 2.24. The van der Waals surface area contributed by atoms with Crippen molar-refractivity contribution < 1.29 is 9.53 Å². The molecule has 0 spiro atoms. The van der Waals surface area contributed by atoms with Crippen LogP contribution in [0.4, 0.5) is 5.95 Å². The Balaban J connectivity index is 2.09. The van der Waals surface area contributed by atoms with E-state index in [9.17, 15) is 4.79 Å². The van der Waals surface area contributed by atoms with Crippen LogP contribution in [-0.2, 0) is 4.74 Å². The molecule has 2 heterocycles. The number of nitrogens with two attached hydrogens (primary N) is 1. The Morgan fingerprint density at radius 2 is 2.00 bits per heavy atom. The molecular formula is C14H12N4O2. The van der Waals surface area contributed by atoms with Crippen LogP contribution in [0.1, 0.15) is 10.4 Å². The molecule has 100 valence electrons. The quantitative estimate of drug-likeness (QED) is 0.716. The predicted octanol–water partition coefficient (Wildman–Crippen LogP) is 1.77. The largest absolute Gasteiger partial charge is 0.465 e. The smallest absolute Gasteiger partial charge is 0.337 e. The van der Waals surface area contributed by atoms with Crippen molar-refractivity contribution in [3.63, 3.8) is 0 Å². The molecule has 6 nitrogen and oxygen atoms in total. The Morgan fingerprint density at radius 1 is 1.25 bits per heavy atom. The van der Waals surface area contributed by atoms with Crippen molar-refractivity contribution in [2.75, 3.05) is 12.8 Å². The number of pyridine rings is 1. The van der Waals surface area contributed by atoms with Gasteiger partial charge in [0.15, 0.2) is 5.65 Å². The highest BCUT2D eigenvalue weighted by Gasteiger charge is 2.09. The van der Waals surface area contributed by atoms with E-state index in [-0.39, 0.29) is 11.9 Å². The van der Waals surface area contributed by atoms with E-state index in [1.54, 1.807) is 22.8 Å². The van der Waals surface area contributed by atoms with Crippen molar-refractivity contribution >= 4 is 17.6 Å². The molecule has 0 aliphatic carbocycles. The second kappa shape index (κ2) is 4.65. The minimum atomic E-state index is -0.360. The number of ether oxygens (including phenoxy) is 1. The molecular weight excluding hydrogens is 256 g/mol. The van der Waals surface area contributed by atoms with Crippen molar-refractivity contribution in [2.45, 2.75) is 0 Å². The number of fused-ring (bicyclic) bond motifs is 1. The molecule has 0 fully saturated rings. The zero-order valence-corrected chi connectivity index (χ0v) is 10.8. The molecule has 0 atom stereocenters. The van der Waals surface area contributed by atoms with Gasteiger partial charge in [-0.2, -0.15) is 4.98 Å². The first-order chi connectivity index (χ1) is 9.69.